The zero-order valence-electron chi connectivity index (χ0n) is 23.3. The zero-order chi connectivity index (χ0) is 27.7. The van der Waals surface area contributed by atoms with Crippen LogP contribution in [0, 0.1) is 23.1 Å². The summed E-state index contributed by atoms with van der Waals surface area (Å²) >= 11 is 0. The molecule has 1 aromatic heterocycles. The van der Waals surface area contributed by atoms with Gasteiger partial charge in [0.05, 0.1) is 23.7 Å². The number of benzene rings is 2. The van der Waals surface area contributed by atoms with Crippen LogP contribution in [-0.4, -0.2) is 51.4 Å². The summed E-state index contributed by atoms with van der Waals surface area (Å²) in [6.45, 7) is 4.62. The second-order valence-electron chi connectivity index (χ2n) is 11.4. The average molecular weight is 542 g/mol. The average Bonchev–Trinajstić information content (AvgIpc) is 3.39. The minimum Gasteiger partial charge on any atom is -0.340 e. The van der Waals surface area contributed by atoms with Gasteiger partial charge in [0.15, 0.2) is 0 Å². The number of nitriles is 1. The van der Waals surface area contributed by atoms with Gasteiger partial charge in [0.1, 0.15) is 5.82 Å². The van der Waals surface area contributed by atoms with Crippen LogP contribution in [0.15, 0.2) is 61.1 Å². The molecule has 2 aliphatic rings. The summed E-state index contributed by atoms with van der Waals surface area (Å²) in [5.74, 6) is 0.635. The lowest BCUT2D eigenvalue weighted by Crippen LogP contribution is -2.48. The Bertz CT molecular complexity index is 1260. The minimum atomic E-state index is -0.221. The molecule has 1 atom stereocenters. The molecule has 1 saturated carbocycles. The molecule has 2 fully saturated rings. The standard InChI is InChI=1S/C33H40FN5O/c34-30-14-12-29(13-15-30)32(28-6-4-2-1-3-5-7-28)20-33(40)38-18-16-37(17-19-38)24-31-22-36-25-39(31)23-27-10-8-26(21-35)9-11-27/h8-15,22,25,28,32H,1-7,16-20,23-24H2. The molecule has 6 nitrogen and oxygen atoms in total. The second kappa shape index (κ2) is 13.7. The zero-order valence-corrected chi connectivity index (χ0v) is 23.3. The van der Waals surface area contributed by atoms with Crippen LogP contribution in [0.4, 0.5) is 4.39 Å². The molecule has 2 heterocycles. The molecule has 0 N–H and O–H groups in total. The third-order valence-electron chi connectivity index (χ3n) is 8.76. The fourth-order valence-electron chi connectivity index (χ4n) is 6.36. The molecule has 1 amide bonds. The molecule has 3 aromatic rings. The summed E-state index contributed by atoms with van der Waals surface area (Å²) in [4.78, 5) is 22.4. The van der Waals surface area contributed by atoms with Gasteiger partial charge in [-0.3, -0.25) is 9.69 Å². The van der Waals surface area contributed by atoms with Gasteiger partial charge >= 0.3 is 0 Å². The fourth-order valence-corrected chi connectivity index (χ4v) is 6.36. The molecule has 1 saturated heterocycles. The van der Waals surface area contributed by atoms with E-state index in [1.165, 1.54) is 32.1 Å². The molecular formula is C33H40FN5O. The SMILES string of the molecule is N#Cc1ccc(Cn2cncc2CN2CCN(C(=O)CC(c3ccc(F)cc3)C3CCCCCCC3)CC2)cc1. The predicted molar refractivity (Wildman–Crippen MR) is 154 cm³/mol. The largest absolute Gasteiger partial charge is 0.340 e. The molecule has 1 unspecified atom stereocenters. The van der Waals surface area contributed by atoms with Crippen molar-refractivity contribution in [3.63, 3.8) is 0 Å². The number of aromatic nitrogens is 2. The van der Waals surface area contributed by atoms with Crippen LogP contribution < -0.4 is 0 Å². The maximum absolute atomic E-state index is 13.7. The number of nitrogens with zero attached hydrogens (tertiary/aromatic N) is 5. The molecule has 40 heavy (non-hydrogen) atoms. The van der Waals surface area contributed by atoms with Crippen molar-refractivity contribution in [3.05, 3.63) is 89.3 Å². The normalized spacial score (nSPS) is 18.1. The first kappa shape index (κ1) is 28.0. The lowest BCUT2D eigenvalue weighted by molar-refractivity contribution is -0.133. The third kappa shape index (κ3) is 7.37. The summed E-state index contributed by atoms with van der Waals surface area (Å²) in [7, 11) is 0. The third-order valence-corrected chi connectivity index (χ3v) is 8.76. The number of carbonyl (C=O) groups is 1. The van der Waals surface area contributed by atoms with E-state index < -0.39 is 0 Å². The molecule has 1 aliphatic heterocycles. The van der Waals surface area contributed by atoms with Crippen molar-refractivity contribution in [2.45, 2.75) is 70.4 Å². The van der Waals surface area contributed by atoms with Crippen molar-refractivity contribution in [2.75, 3.05) is 26.2 Å². The Labute approximate surface area is 237 Å². The Morgan fingerprint density at radius 2 is 1.60 bits per heavy atom. The van der Waals surface area contributed by atoms with Gasteiger partial charge in [0.2, 0.25) is 5.91 Å². The number of carbonyl (C=O) groups excluding carboxylic acids is 1. The van der Waals surface area contributed by atoms with E-state index in [0.29, 0.717) is 24.4 Å². The van der Waals surface area contributed by atoms with Crippen LogP contribution in [0.25, 0.3) is 0 Å². The first-order valence-electron chi connectivity index (χ1n) is 14.8. The number of imidazole rings is 1. The molecular weight excluding hydrogens is 501 g/mol. The van der Waals surface area contributed by atoms with Gasteiger partial charge in [-0.2, -0.15) is 5.26 Å². The minimum absolute atomic E-state index is 0.154. The molecule has 1 aliphatic carbocycles. The van der Waals surface area contributed by atoms with Gasteiger partial charge < -0.3 is 9.47 Å². The molecule has 5 rings (SSSR count). The van der Waals surface area contributed by atoms with Crippen LogP contribution in [0.3, 0.4) is 0 Å². The van der Waals surface area contributed by atoms with E-state index in [9.17, 15) is 9.18 Å². The molecule has 0 bridgehead atoms. The van der Waals surface area contributed by atoms with Crippen LogP contribution in [0.5, 0.6) is 0 Å². The van der Waals surface area contributed by atoms with E-state index in [1.54, 1.807) is 12.1 Å². The Morgan fingerprint density at radius 1 is 0.925 bits per heavy atom. The van der Waals surface area contributed by atoms with E-state index >= 15 is 0 Å². The highest BCUT2D eigenvalue weighted by Gasteiger charge is 2.29. The van der Waals surface area contributed by atoms with Gasteiger partial charge in [-0.1, -0.05) is 56.4 Å². The van der Waals surface area contributed by atoms with E-state index in [4.69, 9.17) is 5.26 Å². The highest BCUT2D eigenvalue weighted by molar-refractivity contribution is 5.77. The van der Waals surface area contributed by atoms with E-state index in [-0.39, 0.29) is 17.6 Å². The summed E-state index contributed by atoms with van der Waals surface area (Å²) < 4.78 is 15.9. The number of amides is 1. The van der Waals surface area contributed by atoms with Gasteiger partial charge in [-0.15, -0.1) is 0 Å². The summed E-state index contributed by atoms with van der Waals surface area (Å²) in [5, 5.41) is 9.04. The lowest BCUT2D eigenvalue weighted by atomic mass is 9.76. The maximum atomic E-state index is 13.7. The molecule has 210 valence electrons. The summed E-state index contributed by atoms with van der Waals surface area (Å²) in [6, 6.07) is 16.7. The topological polar surface area (TPSA) is 65.2 Å². The molecule has 0 spiro atoms. The Hall–Kier alpha value is -3.50. The highest BCUT2D eigenvalue weighted by atomic mass is 19.1. The van der Waals surface area contributed by atoms with Crippen molar-refractivity contribution < 1.29 is 9.18 Å². The first-order chi connectivity index (χ1) is 19.6. The molecule has 2 aromatic carbocycles. The molecule has 7 heteroatoms. The molecule has 0 radical (unpaired) electrons. The van der Waals surface area contributed by atoms with E-state index in [0.717, 1.165) is 62.4 Å². The van der Waals surface area contributed by atoms with Gasteiger partial charge in [0.25, 0.3) is 0 Å². The Morgan fingerprint density at radius 3 is 2.27 bits per heavy atom. The summed E-state index contributed by atoms with van der Waals surface area (Å²) in [5.41, 5.74) is 4.05. The smallest absolute Gasteiger partial charge is 0.223 e. The fraction of sp³-hybridized carbons (Fsp3) is 0.485. The quantitative estimate of drug-likeness (QED) is 0.345. The van der Waals surface area contributed by atoms with Gasteiger partial charge in [-0.05, 0) is 60.1 Å². The monoisotopic (exact) mass is 541 g/mol. The first-order valence-corrected chi connectivity index (χ1v) is 14.8. The van der Waals surface area contributed by atoms with Crippen LogP contribution in [0.1, 0.15) is 79.7 Å². The van der Waals surface area contributed by atoms with E-state index in [2.05, 4.69) is 20.5 Å². The van der Waals surface area contributed by atoms with Crippen molar-refractivity contribution in [1.82, 2.24) is 19.4 Å². The number of hydrogen-bond acceptors (Lipinski definition) is 4. The van der Waals surface area contributed by atoms with Crippen molar-refractivity contribution in [3.8, 4) is 6.07 Å². The van der Waals surface area contributed by atoms with Gasteiger partial charge in [0, 0.05) is 51.9 Å². The summed E-state index contributed by atoms with van der Waals surface area (Å²) in [6.07, 6.45) is 12.9. The van der Waals surface area contributed by atoms with Crippen molar-refractivity contribution in [2.24, 2.45) is 5.92 Å². The van der Waals surface area contributed by atoms with E-state index in [1.807, 2.05) is 53.8 Å². The van der Waals surface area contributed by atoms with Crippen LogP contribution in [-0.2, 0) is 17.9 Å². The number of halogens is 1. The predicted octanol–water partition coefficient (Wildman–Crippen LogP) is 6.12. The number of piperazine rings is 1. The van der Waals surface area contributed by atoms with Crippen LogP contribution >= 0.6 is 0 Å². The Balaban J connectivity index is 1.17. The number of rotatable bonds is 8. The Kier molecular flexibility index (Phi) is 9.62. The van der Waals surface area contributed by atoms with Gasteiger partial charge in [-0.25, -0.2) is 9.37 Å². The van der Waals surface area contributed by atoms with Crippen LogP contribution in [0.2, 0.25) is 0 Å². The maximum Gasteiger partial charge on any atom is 0.223 e. The van der Waals surface area contributed by atoms with Crippen molar-refractivity contribution in [1.29, 1.82) is 5.26 Å². The second-order valence-corrected chi connectivity index (χ2v) is 11.4. The number of hydrogen-bond donors (Lipinski definition) is 0. The highest BCUT2D eigenvalue weighted by Crippen LogP contribution is 2.37. The van der Waals surface area contributed by atoms with Crippen molar-refractivity contribution >= 4 is 5.91 Å². The lowest BCUT2D eigenvalue weighted by Gasteiger charge is -2.36.